The first kappa shape index (κ1) is 27.4. The van der Waals surface area contributed by atoms with Crippen molar-refractivity contribution >= 4 is 30.3 Å². The van der Waals surface area contributed by atoms with Crippen LogP contribution < -0.4 is 5.32 Å². The highest BCUT2D eigenvalue weighted by molar-refractivity contribution is 6.68. The van der Waals surface area contributed by atoms with E-state index in [2.05, 4.69) is 15.3 Å². The van der Waals surface area contributed by atoms with Crippen molar-refractivity contribution < 1.29 is 32.9 Å². The molecule has 2 aromatic rings. The van der Waals surface area contributed by atoms with Crippen LogP contribution in [0.3, 0.4) is 0 Å². The monoisotopic (exact) mass is 522 g/mol. The van der Waals surface area contributed by atoms with Crippen molar-refractivity contribution in [3.63, 3.8) is 0 Å². The summed E-state index contributed by atoms with van der Waals surface area (Å²) in [6.45, 7) is 4.98. The zero-order valence-corrected chi connectivity index (χ0v) is 22.5. The summed E-state index contributed by atoms with van der Waals surface area (Å²) in [4.78, 5) is 60.6. The van der Waals surface area contributed by atoms with E-state index in [0.29, 0.717) is 6.42 Å². The first-order chi connectivity index (χ1) is 18.0. The molecule has 0 spiro atoms. The number of Topliss-reactive ketones (excluding diaryl/α,β-unsaturated/α-hetero) is 1. The Labute approximate surface area is 222 Å². The Balaban J connectivity index is 1.67. The third kappa shape index (κ3) is 4.82. The number of nitrogens with one attached hydrogen (secondary N) is 1. The van der Waals surface area contributed by atoms with Gasteiger partial charge in [-0.1, -0.05) is 50.6 Å². The van der Waals surface area contributed by atoms with Crippen LogP contribution in [0.4, 0.5) is 0 Å². The van der Waals surface area contributed by atoms with Gasteiger partial charge in [-0.05, 0) is 44.0 Å². The predicted octanol–water partition coefficient (Wildman–Crippen LogP) is 2.47. The molecule has 2 saturated heterocycles. The summed E-state index contributed by atoms with van der Waals surface area (Å²) >= 11 is 0. The Morgan fingerprint density at radius 1 is 1.05 bits per heavy atom. The lowest BCUT2D eigenvalue weighted by Gasteiger charge is -2.49. The fraction of sp³-hybridized carbons (Fsp3) is 0.481. The molecule has 4 atom stereocenters. The second kappa shape index (κ2) is 10.6. The number of carbonyl (C=O) groups excluding carboxylic acids is 4. The summed E-state index contributed by atoms with van der Waals surface area (Å²) < 4.78 is 11.9. The molecule has 1 amide bonds. The van der Waals surface area contributed by atoms with E-state index in [1.54, 1.807) is 20.9 Å². The highest BCUT2D eigenvalue weighted by atomic mass is 16.7. The van der Waals surface area contributed by atoms with E-state index in [1.165, 1.54) is 18.6 Å². The number of likely N-dealkylation sites (N-methyl/N-ethyl adjacent to an activating group) is 1. The summed E-state index contributed by atoms with van der Waals surface area (Å²) in [7, 11) is 1.81. The number of nitrogens with zero attached hydrogens (tertiary/aromatic N) is 3. The van der Waals surface area contributed by atoms with Gasteiger partial charge >= 0.3 is 18.6 Å². The highest BCUT2D eigenvalue weighted by Crippen LogP contribution is 2.50. The Hall–Kier alpha value is -3.60. The molecule has 11 heteroatoms. The minimum Gasteiger partial charge on any atom is -0.600 e. The molecule has 0 unspecified atom stereocenters. The third-order valence-corrected chi connectivity index (χ3v) is 8.30. The van der Waals surface area contributed by atoms with E-state index in [1.807, 2.05) is 44.2 Å². The van der Waals surface area contributed by atoms with Crippen molar-refractivity contribution in [1.82, 2.24) is 15.3 Å². The lowest BCUT2D eigenvalue weighted by atomic mass is 9.51. The summed E-state index contributed by atoms with van der Waals surface area (Å²) in [5.74, 6) is -2.06. The van der Waals surface area contributed by atoms with Gasteiger partial charge in [0.1, 0.15) is 17.8 Å². The van der Waals surface area contributed by atoms with Crippen molar-refractivity contribution in [2.75, 3.05) is 7.05 Å². The van der Waals surface area contributed by atoms with Gasteiger partial charge in [0.05, 0.1) is 12.2 Å². The molecule has 0 radical (unpaired) electrons. The molecule has 38 heavy (non-hydrogen) atoms. The van der Waals surface area contributed by atoms with Gasteiger partial charge in [0.2, 0.25) is 0 Å². The number of fused-ring (bicyclic) bond motifs is 1. The number of amides is 1. The normalized spacial score (nSPS) is 27.8. The third-order valence-electron chi connectivity index (χ3n) is 8.30. The predicted molar refractivity (Wildman–Crippen MR) is 139 cm³/mol. The second-order valence-electron chi connectivity index (χ2n) is 11.0. The minimum absolute atomic E-state index is 0.0162. The molecule has 0 bridgehead atoms. The van der Waals surface area contributed by atoms with Gasteiger partial charge in [0.25, 0.3) is 5.91 Å². The van der Waals surface area contributed by atoms with Crippen molar-refractivity contribution in [3.8, 4) is 0 Å². The summed E-state index contributed by atoms with van der Waals surface area (Å²) in [5, 5.41) is 2.83. The van der Waals surface area contributed by atoms with E-state index in [-0.39, 0.29) is 34.6 Å². The molecule has 4 rings (SSSR count). The molecule has 0 saturated carbocycles. The van der Waals surface area contributed by atoms with Crippen LogP contribution in [0, 0.1) is 5.92 Å². The molecule has 202 valence electrons. The molecular formula is C27H35BN4O6. The molecule has 2 aliphatic heterocycles. The smallest absolute Gasteiger partial charge is 0.587 e. The van der Waals surface area contributed by atoms with Gasteiger partial charge in [0, 0.05) is 19.4 Å². The van der Waals surface area contributed by atoms with Crippen LogP contribution in [0.2, 0.25) is 5.82 Å². The van der Waals surface area contributed by atoms with Gasteiger partial charge in [-0.2, -0.15) is 0 Å². The first-order valence-corrected chi connectivity index (χ1v) is 13.1. The van der Waals surface area contributed by atoms with Crippen molar-refractivity contribution in [2.45, 2.75) is 70.9 Å². The number of carbonyl (C=O) groups is 4. The molecule has 3 heterocycles. The Morgan fingerprint density at radius 2 is 1.68 bits per heavy atom. The van der Waals surface area contributed by atoms with Gasteiger partial charge in [-0.15, -0.1) is 0 Å². The first-order valence-electron chi connectivity index (χ1n) is 13.1. The maximum atomic E-state index is 14.0. The van der Waals surface area contributed by atoms with E-state index in [9.17, 15) is 19.2 Å². The van der Waals surface area contributed by atoms with Gasteiger partial charge in [0.15, 0.2) is 5.78 Å². The van der Waals surface area contributed by atoms with Gasteiger partial charge in [-0.25, -0.2) is 14.6 Å². The Bertz CT molecular complexity index is 1180. The number of benzene rings is 1. The van der Waals surface area contributed by atoms with Crippen LogP contribution in [-0.4, -0.2) is 69.9 Å². The number of rotatable bonds is 10. The number of aromatic nitrogens is 2. The van der Waals surface area contributed by atoms with Crippen LogP contribution in [-0.2, 0) is 30.1 Å². The maximum Gasteiger partial charge on any atom is 0.587 e. The van der Waals surface area contributed by atoms with Crippen molar-refractivity contribution in [2.24, 2.45) is 5.92 Å². The number of ketones is 1. The zero-order valence-electron chi connectivity index (χ0n) is 22.5. The van der Waals surface area contributed by atoms with Gasteiger partial charge < -0.3 is 19.0 Å². The van der Waals surface area contributed by atoms with Crippen LogP contribution in [0.25, 0.3) is 0 Å². The highest BCUT2D eigenvalue weighted by Gasteiger charge is 2.74. The molecule has 1 aromatic heterocycles. The zero-order chi connectivity index (χ0) is 27.7. The number of hydrogen-bond acceptors (Lipinski definition) is 8. The standard InChI is InChI=1S/C27H35BN4O6/c1-17(2)13-21(28-32(5,18(3)26(35)37-28)19(4)27(36)38-28)15-24(33)22(14-20-9-7-6-8-10-20)31-25(34)23-16-29-11-12-30-23/h6-12,16-19,21-22H,13-15H2,1-5H3,(H,31,34)/t18-,19-,21-,22+,28?,32?/m1/s1. The Kier molecular flexibility index (Phi) is 7.69. The van der Waals surface area contributed by atoms with Crippen molar-refractivity contribution in [1.29, 1.82) is 0 Å². The van der Waals surface area contributed by atoms with Crippen LogP contribution >= 0.6 is 0 Å². The molecule has 2 aliphatic rings. The average Bonchev–Trinajstić information content (AvgIpc) is 3.21. The summed E-state index contributed by atoms with van der Waals surface area (Å²) in [6, 6.07) is 7.28. The van der Waals surface area contributed by atoms with Gasteiger partial charge in [-0.3, -0.25) is 14.6 Å². The van der Waals surface area contributed by atoms with Crippen molar-refractivity contribution in [3.05, 3.63) is 60.2 Å². The fourth-order valence-electron chi connectivity index (χ4n) is 5.99. The van der Waals surface area contributed by atoms with Crippen LogP contribution in [0.1, 0.15) is 56.6 Å². The van der Waals surface area contributed by atoms with Crippen LogP contribution in [0.15, 0.2) is 48.9 Å². The topological polar surface area (TPSA) is 125 Å². The minimum atomic E-state index is -2.50. The summed E-state index contributed by atoms with van der Waals surface area (Å²) in [5.41, 5.74) is 0.970. The number of hydrogen-bond donors (Lipinski definition) is 1. The molecule has 1 aromatic carbocycles. The largest absolute Gasteiger partial charge is 0.600 e. The lowest BCUT2D eigenvalue weighted by molar-refractivity contribution is -0.840. The lowest BCUT2D eigenvalue weighted by Crippen LogP contribution is -2.68. The Morgan fingerprint density at radius 3 is 2.24 bits per heavy atom. The molecule has 10 nitrogen and oxygen atoms in total. The van der Waals surface area contributed by atoms with E-state index < -0.39 is 48.5 Å². The maximum absolute atomic E-state index is 14.0. The van der Waals surface area contributed by atoms with E-state index in [0.717, 1.165) is 5.56 Å². The quantitative estimate of drug-likeness (QED) is 0.472. The average molecular weight is 522 g/mol. The van der Waals surface area contributed by atoms with Crippen LogP contribution in [0.5, 0.6) is 0 Å². The fourth-order valence-corrected chi connectivity index (χ4v) is 5.99. The van der Waals surface area contributed by atoms with E-state index in [4.69, 9.17) is 9.31 Å². The molecular weight excluding hydrogens is 487 g/mol. The molecule has 2 fully saturated rings. The van der Waals surface area contributed by atoms with E-state index >= 15 is 0 Å². The molecule has 0 aliphatic carbocycles. The summed E-state index contributed by atoms with van der Waals surface area (Å²) in [6.07, 6.45) is 4.93. The second-order valence-corrected chi connectivity index (χ2v) is 11.0. The SMILES string of the molecule is CC(C)C[C@H](CC(=O)[C@H](Cc1ccccc1)NC(=O)c1cnccn1)[B-]12OC(=O)[C@@H](C)[N+]1(C)[C@H](C)C(=O)O2. The number of quaternary nitrogens is 1. The molecule has 1 N–H and O–H groups in total.